The van der Waals surface area contributed by atoms with Crippen molar-refractivity contribution in [3.63, 3.8) is 0 Å². The number of aromatic nitrogens is 2. The lowest BCUT2D eigenvalue weighted by Crippen LogP contribution is -2.35. The minimum atomic E-state index is -4.53. The summed E-state index contributed by atoms with van der Waals surface area (Å²) in [5.41, 5.74) is 7.38. The summed E-state index contributed by atoms with van der Waals surface area (Å²) < 4.78 is 39.6. The summed E-state index contributed by atoms with van der Waals surface area (Å²) >= 11 is 0. The molecule has 2 aliphatic heterocycles. The van der Waals surface area contributed by atoms with Crippen molar-refractivity contribution in [1.29, 1.82) is 5.26 Å². The van der Waals surface area contributed by atoms with E-state index in [0.29, 0.717) is 42.6 Å². The summed E-state index contributed by atoms with van der Waals surface area (Å²) in [6, 6.07) is 11.1. The Labute approximate surface area is 215 Å². The number of carbonyl (C=O) groups is 1. The number of benzene rings is 1. The lowest BCUT2D eigenvalue weighted by molar-refractivity contribution is -0.144. The van der Waals surface area contributed by atoms with Crippen LogP contribution in [-0.4, -0.2) is 55.6 Å². The van der Waals surface area contributed by atoms with Gasteiger partial charge in [0.05, 0.1) is 11.6 Å². The molecule has 3 heterocycles. The van der Waals surface area contributed by atoms with E-state index in [1.54, 1.807) is 18.2 Å². The molecule has 4 rings (SSSR count). The molecule has 200 valence electrons. The molecule has 8 nitrogen and oxygen atoms in total. The van der Waals surface area contributed by atoms with Gasteiger partial charge >= 0.3 is 6.18 Å². The van der Waals surface area contributed by atoms with Gasteiger partial charge in [0.15, 0.2) is 0 Å². The van der Waals surface area contributed by atoms with Crippen LogP contribution in [0.2, 0.25) is 0 Å². The van der Waals surface area contributed by atoms with E-state index in [-0.39, 0.29) is 0 Å². The Bertz CT molecular complexity index is 1030. The van der Waals surface area contributed by atoms with Crippen LogP contribution in [0.25, 0.3) is 0 Å². The molecule has 0 aliphatic carbocycles. The van der Waals surface area contributed by atoms with Crippen molar-refractivity contribution in [2.24, 2.45) is 11.7 Å². The van der Waals surface area contributed by atoms with Crippen molar-refractivity contribution in [3.8, 4) is 6.07 Å². The summed E-state index contributed by atoms with van der Waals surface area (Å²) in [4.78, 5) is 21.4. The summed E-state index contributed by atoms with van der Waals surface area (Å²) in [6.45, 7) is 4.25. The number of halogens is 3. The SMILES string of the molecule is N#Cc1ccc(CCNC=O)cc1.NCCC1CCN(c2cc(N3CCCC3)nc(C(F)(F)F)n2)CC1. The summed E-state index contributed by atoms with van der Waals surface area (Å²) in [5, 5.41) is 11.1. The van der Waals surface area contributed by atoms with Crippen LogP contribution < -0.4 is 20.9 Å². The third kappa shape index (κ3) is 8.60. The first-order valence-corrected chi connectivity index (χ1v) is 12.7. The van der Waals surface area contributed by atoms with Crippen LogP contribution in [0.5, 0.6) is 0 Å². The Kier molecular flexibility index (Phi) is 10.5. The van der Waals surface area contributed by atoms with Gasteiger partial charge in [0.25, 0.3) is 0 Å². The third-order valence-electron chi connectivity index (χ3n) is 6.62. The van der Waals surface area contributed by atoms with Gasteiger partial charge in [-0.05, 0) is 68.7 Å². The molecule has 1 aromatic heterocycles. The number of piperidine rings is 1. The number of nitrogens with two attached hydrogens (primary N) is 1. The highest BCUT2D eigenvalue weighted by Crippen LogP contribution is 2.32. The van der Waals surface area contributed by atoms with Gasteiger partial charge in [-0.2, -0.15) is 18.4 Å². The normalized spacial score (nSPS) is 16.1. The number of amides is 1. The number of hydrogen-bond donors (Lipinski definition) is 2. The number of nitriles is 1. The molecule has 0 radical (unpaired) electrons. The first-order valence-electron chi connectivity index (χ1n) is 12.7. The van der Waals surface area contributed by atoms with Crippen molar-refractivity contribution in [3.05, 3.63) is 47.3 Å². The molecule has 0 unspecified atom stereocenters. The van der Waals surface area contributed by atoms with Crippen LogP contribution in [0.3, 0.4) is 0 Å². The molecule has 0 bridgehead atoms. The third-order valence-corrected chi connectivity index (χ3v) is 6.62. The highest BCUT2D eigenvalue weighted by Gasteiger charge is 2.37. The standard InChI is InChI=1S/C16H24F3N5.C10H10N2O/c17-16(18,19)15-21-13(23-7-1-2-8-23)11-14(22-15)24-9-4-12(3-6-20)5-10-24;11-7-10-3-1-9(2-4-10)5-6-12-8-13/h11-12H,1-10,20H2;1-4,8H,5-6H2,(H,12,13). The van der Waals surface area contributed by atoms with E-state index in [1.807, 2.05) is 28.0 Å². The van der Waals surface area contributed by atoms with Crippen LogP contribution in [-0.2, 0) is 17.4 Å². The largest absolute Gasteiger partial charge is 0.451 e. The van der Waals surface area contributed by atoms with Crippen molar-refractivity contribution >= 4 is 18.0 Å². The Morgan fingerprint density at radius 1 is 1.05 bits per heavy atom. The molecule has 0 atom stereocenters. The highest BCUT2D eigenvalue weighted by molar-refractivity contribution is 5.52. The van der Waals surface area contributed by atoms with E-state index in [0.717, 1.165) is 70.3 Å². The monoisotopic (exact) mass is 517 g/mol. The maximum Gasteiger partial charge on any atom is 0.451 e. The molecule has 37 heavy (non-hydrogen) atoms. The highest BCUT2D eigenvalue weighted by atomic mass is 19.4. The minimum Gasteiger partial charge on any atom is -0.358 e. The van der Waals surface area contributed by atoms with Gasteiger partial charge in [-0.15, -0.1) is 0 Å². The zero-order valence-electron chi connectivity index (χ0n) is 20.9. The number of nitrogens with one attached hydrogen (secondary N) is 1. The fraction of sp³-hybridized carbons (Fsp3) is 0.538. The zero-order valence-corrected chi connectivity index (χ0v) is 20.9. The van der Waals surface area contributed by atoms with Crippen LogP contribution in [0.1, 0.15) is 49.1 Å². The fourth-order valence-electron chi connectivity index (χ4n) is 4.53. The molecule has 0 saturated carbocycles. The molecular weight excluding hydrogens is 483 g/mol. The Hall–Kier alpha value is -3.39. The summed E-state index contributed by atoms with van der Waals surface area (Å²) in [7, 11) is 0. The number of carbonyl (C=O) groups excluding carboxylic acids is 1. The molecule has 11 heteroatoms. The predicted octanol–water partition coefficient (Wildman–Crippen LogP) is 3.51. The Morgan fingerprint density at radius 3 is 2.16 bits per heavy atom. The number of rotatable bonds is 8. The zero-order chi connectivity index (χ0) is 26.7. The Morgan fingerprint density at radius 2 is 1.65 bits per heavy atom. The van der Waals surface area contributed by atoms with Crippen LogP contribution in [0.4, 0.5) is 24.8 Å². The van der Waals surface area contributed by atoms with Gasteiger partial charge in [0.1, 0.15) is 11.6 Å². The second-order valence-electron chi connectivity index (χ2n) is 9.24. The number of alkyl halides is 3. The number of anilines is 2. The van der Waals surface area contributed by atoms with Gasteiger partial charge in [0, 0.05) is 38.8 Å². The quantitative estimate of drug-likeness (QED) is 0.407. The lowest BCUT2D eigenvalue weighted by atomic mass is 9.94. The number of hydrogen-bond acceptors (Lipinski definition) is 7. The van der Waals surface area contributed by atoms with Gasteiger partial charge in [-0.3, -0.25) is 4.79 Å². The second kappa shape index (κ2) is 13.8. The van der Waals surface area contributed by atoms with E-state index >= 15 is 0 Å². The molecule has 0 spiro atoms. The predicted molar refractivity (Wildman–Crippen MR) is 136 cm³/mol. The molecule has 2 fully saturated rings. The van der Waals surface area contributed by atoms with Gasteiger partial charge < -0.3 is 20.9 Å². The lowest BCUT2D eigenvalue weighted by Gasteiger charge is -2.33. The number of nitrogens with zero attached hydrogens (tertiary/aromatic N) is 5. The first kappa shape index (κ1) is 28.2. The maximum atomic E-state index is 13.2. The maximum absolute atomic E-state index is 13.2. The van der Waals surface area contributed by atoms with Crippen molar-refractivity contribution < 1.29 is 18.0 Å². The van der Waals surface area contributed by atoms with Gasteiger partial charge in [-0.1, -0.05) is 12.1 Å². The summed E-state index contributed by atoms with van der Waals surface area (Å²) in [5.74, 6) is 0.318. The summed E-state index contributed by atoms with van der Waals surface area (Å²) in [6.07, 6.45) is 1.81. The van der Waals surface area contributed by atoms with Crippen LogP contribution in [0.15, 0.2) is 30.3 Å². The van der Waals surface area contributed by atoms with Crippen LogP contribution in [0, 0.1) is 17.2 Å². The van der Waals surface area contributed by atoms with E-state index in [4.69, 9.17) is 11.0 Å². The first-order chi connectivity index (χ1) is 17.8. The molecule has 2 aliphatic rings. The molecule has 2 saturated heterocycles. The average molecular weight is 518 g/mol. The Balaban J connectivity index is 0.000000248. The molecule has 1 amide bonds. The van der Waals surface area contributed by atoms with E-state index in [1.165, 1.54) is 0 Å². The topological polar surface area (TPSA) is 111 Å². The van der Waals surface area contributed by atoms with Crippen molar-refractivity contribution in [1.82, 2.24) is 15.3 Å². The molecule has 1 aromatic carbocycles. The minimum absolute atomic E-state index is 0.394. The fourth-order valence-corrected chi connectivity index (χ4v) is 4.53. The van der Waals surface area contributed by atoms with Crippen molar-refractivity contribution in [2.75, 3.05) is 49.1 Å². The van der Waals surface area contributed by atoms with Gasteiger partial charge in [-0.25, -0.2) is 9.97 Å². The molecular formula is C26H34F3N7O. The second-order valence-corrected chi connectivity index (χ2v) is 9.24. The smallest absolute Gasteiger partial charge is 0.358 e. The van der Waals surface area contributed by atoms with E-state index in [2.05, 4.69) is 15.3 Å². The van der Waals surface area contributed by atoms with Gasteiger partial charge in [0.2, 0.25) is 12.2 Å². The van der Waals surface area contributed by atoms with E-state index in [9.17, 15) is 18.0 Å². The molecule has 2 aromatic rings. The molecule has 3 N–H and O–H groups in total. The average Bonchev–Trinajstić information content (AvgIpc) is 3.45. The van der Waals surface area contributed by atoms with E-state index < -0.39 is 12.0 Å². The van der Waals surface area contributed by atoms with Crippen LogP contribution >= 0.6 is 0 Å². The van der Waals surface area contributed by atoms with Crippen molar-refractivity contribution in [2.45, 2.75) is 44.7 Å².